The first-order valence-corrected chi connectivity index (χ1v) is 7.19. The highest BCUT2D eigenvalue weighted by Gasteiger charge is 1.99. The van der Waals surface area contributed by atoms with Gasteiger partial charge in [-0.1, -0.05) is 26.3 Å². The number of carboxylic acids is 2. The van der Waals surface area contributed by atoms with E-state index in [1.54, 1.807) is 13.8 Å². The zero-order valence-electron chi connectivity index (χ0n) is 16.1. The summed E-state index contributed by atoms with van der Waals surface area (Å²) in [5.41, 5.74) is 0.959. The van der Waals surface area contributed by atoms with Gasteiger partial charge >= 0.3 is 23.9 Å². The largest absolute Gasteiger partial charge is 0.478 e. The van der Waals surface area contributed by atoms with Gasteiger partial charge in [0.15, 0.2) is 0 Å². The standard InChI is InChI=1S/C6H10O3.C5H8O2.C4H6O2.C3H4O2/c1-5(2)6(8)9-4-3-7;1-4(2)5(6)7-3;1-3(2)4(5)6;1-2-3(4)5/h7H,1,3-4H2,2H3;1H2,2-3H3;1H2,2H3,(H,5,6);2H,1H2,(H,4,5). The third kappa shape index (κ3) is 34.9. The van der Waals surface area contributed by atoms with E-state index in [0.717, 1.165) is 6.08 Å². The average molecular weight is 388 g/mol. The van der Waals surface area contributed by atoms with Crippen LogP contribution in [0.25, 0.3) is 0 Å². The van der Waals surface area contributed by atoms with E-state index < -0.39 is 17.9 Å². The second kappa shape index (κ2) is 20.8. The fourth-order valence-corrected chi connectivity index (χ4v) is 0.436. The first-order valence-electron chi connectivity index (χ1n) is 7.19. The number of rotatable bonds is 6. The zero-order valence-corrected chi connectivity index (χ0v) is 16.1. The van der Waals surface area contributed by atoms with Crippen LogP contribution in [0.1, 0.15) is 20.8 Å². The van der Waals surface area contributed by atoms with Crippen molar-refractivity contribution in [1.29, 1.82) is 0 Å². The van der Waals surface area contributed by atoms with Crippen LogP contribution in [0.5, 0.6) is 0 Å². The molecule has 154 valence electrons. The Hall–Kier alpha value is -3.20. The predicted molar refractivity (Wildman–Crippen MR) is 100.0 cm³/mol. The highest BCUT2D eigenvalue weighted by molar-refractivity contribution is 5.87. The van der Waals surface area contributed by atoms with Gasteiger partial charge in [-0.05, 0) is 20.8 Å². The topological polar surface area (TPSA) is 147 Å². The van der Waals surface area contributed by atoms with Crippen molar-refractivity contribution in [2.45, 2.75) is 20.8 Å². The average Bonchev–Trinajstić information content (AvgIpc) is 2.59. The van der Waals surface area contributed by atoms with E-state index >= 15 is 0 Å². The van der Waals surface area contributed by atoms with Crippen molar-refractivity contribution in [2.24, 2.45) is 0 Å². The molecule has 0 amide bonds. The summed E-state index contributed by atoms with van der Waals surface area (Å²) in [5, 5.41) is 23.7. The molecule has 0 rings (SSSR count). The summed E-state index contributed by atoms with van der Waals surface area (Å²) in [7, 11) is 1.33. The number of aliphatic hydroxyl groups excluding tert-OH is 1. The van der Waals surface area contributed by atoms with E-state index in [-0.39, 0.29) is 24.8 Å². The van der Waals surface area contributed by atoms with Crippen LogP contribution in [0, 0.1) is 0 Å². The summed E-state index contributed by atoms with van der Waals surface area (Å²) in [6.07, 6.45) is 0.833. The molecule has 0 fully saturated rings. The van der Waals surface area contributed by atoms with Crippen LogP contribution in [-0.4, -0.2) is 59.5 Å². The number of methoxy groups -OCH3 is 1. The van der Waals surface area contributed by atoms with Crippen molar-refractivity contribution < 1.29 is 44.0 Å². The molecule has 0 unspecified atom stereocenters. The van der Waals surface area contributed by atoms with Gasteiger partial charge < -0.3 is 24.8 Å². The number of aliphatic hydroxyl groups is 1. The van der Waals surface area contributed by atoms with Crippen LogP contribution < -0.4 is 0 Å². The van der Waals surface area contributed by atoms with Crippen molar-refractivity contribution in [1.82, 2.24) is 0 Å². The Balaban J connectivity index is -0.000000134. The first kappa shape index (κ1) is 31.6. The third-order valence-electron chi connectivity index (χ3n) is 1.75. The fourth-order valence-electron chi connectivity index (χ4n) is 0.436. The minimum atomic E-state index is -0.981. The van der Waals surface area contributed by atoms with E-state index in [0.29, 0.717) is 11.1 Å². The predicted octanol–water partition coefficient (Wildman–Crippen LogP) is 1.74. The lowest BCUT2D eigenvalue weighted by atomic mass is 10.4. The lowest BCUT2D eigenvalue weighted by molar-refractivity contribution is -0.140. The number of carbonyl (C=O) groups is 4. The van der Waals surface area contributed by atoms with Crippen molar-refractivity contribution >= 4 is 23.9 Å². The second-order valence-electron chi connectivity index (χ2n) is 4.54. The maximum atomic E-state index is 10.5. The number of aliphatic carboxylic acids is 2. The Morgan fingerprint density at radius 3 is 1.33 bits per heavy atom. The van der Waals surface area contributed by atoms with E-state index in [1.165, 1.54) is 14.0 Å². The molecule has 0 radical (unpaired) electrons. The lowest BCUT2D eigenvalue weighted by Gasteiger charge is -1.99. The monoisotopic (exact) mass is 388 g/mol. The summed E-state index contributed by atoms with van der Waals surface area (Å²) in [6.45, 7) is 17.3. The third-order valence-corrected chi connectivity index (χ3v) is 1.75. The molecule has 27 heavy (non-hydrogen) atoms. The Labute approximate surface area is 158 Å². The molecule has 0 saturated carbocycles. The van der Waals surface area contributed by atoms with Gasteiger partial charge in [0, 0.05) is 22.8 Å². The summed E-state index contributed by atoms with van der Waals surface area (Å²) >= 11 is 0. The van der Waals surface area contributed by atoms with Gasteiger partial charge in [-0.15, -0.1) is 0 Å². The minimum absolute atomic E-state index is 0.0473. The fraction of sp³-hybridized carbons (Fsp3) is 0.333. The van der Waals surface area contributed by atoms with Crippen LogP contribution >= 0.6 is 0 Å². The molecule has 0 aromatic heterocycles. The van der Waals surface area contributed by atoms with Gasteiger partial charge in [0.1, 0.15) is 6.61 Å². The summed E-state index contributed by atoms with van der Waals surface area (Å²) in [4.78, 5) is 39.5. The van der Waals surface area contributed by atoms with Gasteiger partial charge in [-0.3, -0.25) is 0 Å². The van der Waals surface area contributed by atoms with Gasteiger partial charge in [0.05, 0.1) is 13.7 Å². The molecule has 0 aliphatic carbocycles. The molecule has 9 heteroatoms. The van der Waals surface area contributed by atoms with Gasteiger partial charge in [-0.2, -0.15) is 0 Å². The number of carboxylic acid groups (broad SMARTS) is 2. The van der Waals surface area contributed by atoms with Gasteiger partial charge in [-0.25, -0.2) is 19.2 Å². The van der Waals surface area contributed by atoms with E-state index in [1.807, 2.05) is 0 Å². The maximum absolute atomic E-state index is 10.5. The van der Waals surface area contributed by atoms with E-state index in [2.05, 4.69) is 35.8 Å². The Morgan fingerprint density at radius 1 is 0.889 bits per heavy atom. The van der Waals surface area contributed by atoms with Crippen LogP contribution in [0.15, 0.2) is 49.1 Å². The zero-order chi connectivity index (χ0) is 22.6. The molecule has 0 atom stereocenters. The van der Waals surface area contributed by atoms with Crippen LogP contribution in [0.2, 0.25) is 0 Å². The second-order valence-corrected chi connectivity index (χ2v) is 4.54. The van der Waals surface area contributed by atoms with Crippen molar-refractivity contribution in [2.75, 3.05) is 20.3 Å². The lowest BCUT2D eigenvalue weighted by Crippen LogP contribution is -2.08. The van der Waals surface area contributed by atoms with Gasteiger partial charge in [0.2, 0.25) is 0 Å². The molecule has 0 aliphatic heterocycles. The Bertz CT molecular complexity index is 533. The maximum Gasteiger partial charge on any atom is 0.333 e. The molecule has 0 spiro atoms. The molecule has 0 aromatic rings. The normalized spacial score (nSPS) is 7.74. The number of hydrogen-bond donors (Lipinski definition) is 3. The highest BCUT2D eigenvalue weighted by atomic mass is 16.5. The Morgan fingerprint density at radius 2 is 1.22 bits per heavy atom. The summed E-state index contributed by atoms with van der Waals surface area (Å²) in [5.74, 6) is -2.72. The number of esters is 2. The minimum Gasteiger partial charge on any atom is -0.478 e. The molecule has 0 aliphatic rings. The van der Waals surface area contributed by atoms with Crippen molar-refractivity contribution in [3.05, 3.63) is 49.1 Å². The van der Waals surface area contributed by atoms with E-state index in [9.17, 15) is 19.2 Å². The SMILES string of the molecule is C=C(C)C(=O)O.C=C(C)C(=O)OC.C=C(C)C(=O)OCCO.C=CC(=O)O. The first-order chi connectivity index (χ1) is 12.3. The Kier molecular flexibility index (Phi) is 24.4. The molecular weight excluding hydrogens is 360 g/mol. The molecule has 3 N–H and O–H groups in total. The highest BCUT2D eigenvalue weighted by Crippen LogP contribution is 1.90. The molecule has 0 heterocycles. The number of ether oxygens (including phenoxy) is 2. The van der Waals surface area contributed by atoms with Crippen LogP contribution in [-0.2, 0) is 28.7 Å². The van der Waals surface area contributed by atoms with Gasteiger partial charge in [0.25, 0.3) is 0 Å². The summed E-state index contributed by atoms with van der Waals surface area (Å²) in [6, 6.07) is 0. The van der Waals surface area contributed by atoms with Crippen molar-refractivity contribution in [3.63, 3.8) is 0 Å². The molecule has 0 bridgehead atoms. The van der Waals surface area contributed by atoms with Crippen LogP contribution in [0.4, 0.5) is 0 Å². The molecule has 0 saturated heterocycles. The van der Waals surface area contributed by atoms with Crippen molar-refractivity contribution in [3.8, 4) is 0 Å². The van der Waals surface area contributed by atoms with E-state index in [4.69, 9.17) is 15.3 Å². The molecular formula is C18H28O9. The number of carbonyl (C=O) groups excluding carboxylic acids is 2. The molecule has 0 aromatic carbocycles. The quantitative estimate of drug-likeness (QED) is 0.457. The summed E-state index contributed by atoms with van der Waals surface area (Å²) < 4.78 is 8.74. The van der Waals surface area contributed by atoms with Crippen LogP contribution in [0.3, 0.4) is 0 Å². The smallest absolute Gasteiger partial charge is 0.333 e. The molecule has 9 nitrogen and oxygen atoms in total. The number of hydrogen-bond acceptors (Lipinski definition) is 7.